The van der Waals surface area contributed by atoms with Gasteiger partial charge < -0.3 is 10.2 Å². The number of rotatable bonds is 7. The first-order chi connectivity index (χ1) is 17.2. The molecule has 0 aliphatic rings. The van der Waals surface area contributed by atoms with Crippen molar-refractivity contribution in [1.29, 1.82) is 0 Å². The van der Waals surface area contributed by atoms with Crippen molar-refractivity contribution >= 4 is 29.2 Å². The summed E-state index contributed by atoms with van der Waals surface area (Å²) in [6.45, 7) is 6.33. The lowest BCUT2D eigenvalue weighted by atomic mass is 9.92. The maximum atomic E-state index is 13.4. The summed E-state index contributed by atoms with van der Waals surface area (Å²) in [6.07, 6.45) is 0. The quantitative estimate of drug-likeness (QED) is 0.333. The summed E-state index contributed by atoms with van der Waals surface area (Å²) in [4.78, 5) is 28.2. The van der Waals surface area contributed by atoms with Crippen molar-refractivity contribution < 1.29 is 9.59 Å². The van der Waals surface area contributed by atoms with Gasteiger partial charge in [-0.05, 0) is 29.8 Å². The van der Waals surface area contributed by atoms with Crippen molar-refractivity contribution in [1.82, 2.24) is 14.7 Å². The number of aromatic nitrogens is 2. The Morgan fingerprint density at radius 1 is 0.917 bits per heavy atom. The molecule has 6 nitrogen and oxygen atoms in total. The van der Waals surface area contributed by atoms with E-state index in [-0.39, 0.29) is 30.3 Å². The van der Waals surface area contributed by atoms with Crippen LogP contribution in [0.2, 0.25) is 5.02 Å². The number of para-hydroxylation sites is 1. The molecular weight excluding hydrogens is 472 g/mol. The molecule has 184 valence electrons. The topological polar surface area (TPSA) is 67.2 Å². The first kappa shape index (κ1) is 25.2. The summed E-state index contributed by atoms with van der Waals surface area (Å²) in [7, 11) is 0. The zero-order valence-corrected chi connectivity index (χ0v) is 21.4. The Labute approximate surface area is 216 Å². The number of anilines is 1. The van der Waals surface area contributed by atoms with Crippen molar-refractivity contribution in [3.8, 4) is 5.69 Å². The normalized spacial score (nSPS) is 11.2. The van der Waals surface area contributed by atoms with E-state index >= 15 is 0 Å². The molecule has 1 heterocycles. The van der Waals surface area contributed by atoms with Gasteiger partial charge >= 0.3 is 0 Å². The van der Waals surface area contributed by atoms with E-state index in [4.69, 9.17) is 16.7 Å². The first-order valence-corrected chi connectivity index (χ1v) is 12.1. The Kier molecular flexibility index (Phi) is 7.55. The molecule has 0 spiro atoms. The van der Waals surface area contributed by atoms with Crippen molar-refractivity contribution in [2.24, 2.45) is 0 Å². The summed E-state index contributed by atoms with van der Waals surface area (Å²) in [5.74, 6) is -0.101. The third kappa shape index (κ3) is 6.01. The van der Waals surface area contributed by atoms with E-state index in [1.165, 1.54) is 4.90 Å². The molecule has 0 aliphatic heterocycles. The first-order valence-electron chi connectivity index (χ1n) is 11.8. The number of carbonyl (C=O) groups is 2. The van der Waals surface area contributed by atoms with Crippen LogP contribution in [0.4, 0.5) is 5.82 Å². The molecule has 0 bridgehead atoms. The molecule has 1 N–H and O–H groups in total. The molecule has 3 aromatic carbocycles. The Morgan fingerprint density at radius 2 is 1.53 bits per heavy atom. The maximum Gasteiger partial charge on any atom is 0.256 e. The number of hydrogen-bond donors (Lipinski definition) is 1. The predicted octanol–water partition coefficient (Wildman–Crippen LogP) is 6.10. The van der Waals surface area contributed by atoms with Gasteiger partial charge in [0.2, 0.25) is 5.91 Å². The van der Waals surface area contributed by atoms with Crippen LogP contribution in [0.25, 0.3) is 5.69 Å². The second-order valence-electron chi connectivity index (χ2n) is 9.59. The second-order valence-corrected chi connectivity index (χ2v) is 9.99. The van der Waals surface area contributed by atoms with Gasteiger partial charge in [-0.1, -0.05) is 93.0 Å². The van der Waals surface area contributed by atoms with E-state index in [0.717, 1.165) is 16.9 Å². The highest BCUT2D eigenvalue weighted by Gasteiger charge is 2.24. The average Bonchev–Trinajstić information content (AvgIpc) is 3.29. The molecule has 1 aromatic heterocycles. The maximum absolute atomic E-state index is 13.4. The van der Waals surface area contributed by atoms with Crippen LogP contribution in [0.5, 0.6) is 0 Å². The smallest absolute Gasteiger partial charge is 0.256 e. The lowest BCUT2D eigenvalue weighted by Gasteiger charge is -2.23. The van der Waals surface area contributed by atoms with Gasteiger partial charge in [0.25, 0.3) is 5.91 Å². The van der Waals surface area contributed by atoms with Gasteiger partial charge in [-0.2, -0.15) is 5.10 Å². The summed E-state index contributed by atoms with van der Waals surface area (Å²) in [5.41, 5.74) is 2.73. The van der Waals surface area contributed by atoms with E-state index in [2.05, 4.69) is 26.1 Å². The van der Waals surface area contributed by atoms with E-state index in [1.807, 2.05) is 66.7 Å². The summed E-state index contributed by atoms with van der Waals surface area (Å²) < 4.78 is 1.72. The molecule has 0 saturated heterocycles. The van der Waals surface area contributed by atoms with Crippen molar-refractivity contribution in [3.05, 3.63) is 113 Å². The molecule has 0 saturated carbocycles. The molecule has 0 fully saturated rings. The number of nitrogens with one attached hydrogen (secondary N) is 1. The Bertz CT molecular complexity index is 1340. The summed E-state index contributed by atoms with van der Waals surface area (Å²) >= 11 is 6.31. The minimum atomic E-state index is -0.330. The fourth-order valence-corrected chi connectivity index (χ4v) is 3.98. The number of hydrogen-bond acceptors (Lipinski definition) is 3. The number of halogens is 1. The van der Waals surface area contributed by atoms with E-state index in [9.17, 15) is 9.59 Å². The Balaban J connectivity index is 1.62. The number of carbonyl (C=O) groups excluding carboxylic acids is 2. The van der Waals surface area contributed by atoms with Crippen LogP contribution >= 0.6 is 11.6 Å². The van der Waals surface area contributed by atoms with Gasteiger partial charge in [0, 0.05) is 18.0 Å². The molecule has 0 atom stereocenters. The number of amides is 2. The van der Waals surface area contributed by atoms with Gasteiger partial charge in [0.15, 0.2) is 0 Å². The van der Waals surface area contributed by atoms with E-state index in [1.54, 1.807) is 28.9 Å². The van der Waals surface area contributed by atoms with Gasteiger partial charge in [-0.15, -0.1) is 0 Å². The molecule has 2 amide bonds. The summed E-state index contributed by atoms with van der Waals surface area (Å²) in [6, 6.07) is 27.9. The van der Waals surface area contributed by atoms with Crippen LogP contribution in [0, 0.1) is 0 Å². The zero-order chi connectivity index (χ0) is 25.7. The van der Waals surface area contributed by atoms with E-state index < -0.39 is 0 Å². The van der Waals surface area contributed by atoms with Crippen LogP contribution in [0.1, 0.15) is 42.4 Å². The van der Waals surface area contributed by atoms with Crippen LogP contribution < -0.4 is 5.32 Å². The fourth-order valence-electron chi connectivity index (χ4n) is 3.77. The minimum absolute atomic E-state index is 0.149. The molecule has 7 heteroatoms. The highest BCUT2D eigenvalue weighted by molar-refractivity contribution is 6.33. The molecule has 4 aromatic rings. The van der Waals surface area contributed by atoms with Gasteiger partial charge in [0.05, 0.1) is 22.0 Å². The average molecular weight is 501 g/mol. The van der Waals surface area contributed by atoms with Crippen LogP contribution in [0.3, 0.4) is 0 Å². The number of benzene rings is 3. The standard InChI is InChI=1S/C29H29ClN4O2/c1-29(2,3)25-18-26(34(32-25)22-14-8-5-9-15-22)31-27(35)20-33(19-21-12-6-4-7-13-21)28(36)23-16-10-11-17-24(23)30/h4-18H,19-20H2,1-3H3,(H,31,35). The van der Waals surface area contributed by atoms with Gasteiger partial charge in [-0.3, -0.25) is 9.59 Å². The van der Waals surface area contributed by atoms with Crippen LogP contribution in [-0.4, -0.2) is 33.0 Å². The highest BCUT2D eigenvalue weighted by atomic mass is 35.5. The van der Waals surface area contributed by atoms with Crippen molar-refractivity contribution in [2.45, 2.75) is 32.7 Å². The monoisotopic (exact) mass is 500 g/mol. The lowest BCUT2D eigenvalue weighted by molar-refractivity contribution is -0.117. The molecular formula is C29H29ClN4O2. The summed E-state index contributed by atoms with van der Waals surface area (Å²) in [5, 5.41) is 8.07. The Morgan fingerprint density at radius 3 is 2.17 bits per heavy atom. The third-order valence-corrected chi connectivity index (χ3v) is 6.02. The highest BCUT2D eigenvalue weighted by Crippen LogP contribution is 2.26. The van der Waals surface area contributed by atoms with Crippen molar-refractivity contribution in [3.63, 3.8) is 0 Å². The van der Waals surface area contributed by atoms with Gasteiger partial charge in [-0.25, -0.2) is 4.68 Å². The minimum Gasteiger partial charge on any atom is -0.325 e. The number of nitrogens with zero attached hydrogens (tertiary/aromatic N) is 3. The van der Waals surface area contributed by atoms with Crippen LogP contribution in [0.15, 0.2) is 91.0 Å². The lowest BCUT2D eigenvalue weighted by Crippen LogP contribution is -2.38. The second kappa shape index (κ2) is 10.8. The third-order valence-electron chi connectivity index (χ3n) is 5.69. The predicted molar refractivity (Wildman–Crippen MR) is 144 cm³/mol. The molecule has 4 rings (SSSR count). The van der Waals surface area contributed by atoms with Crippen molar-refractivity contribution in [2.75, 3.05) is 11.9 Å². The Hall–Kier alpha value is -3.90. The zero-order valence-electron chi connectivity index (χ0n) is 20.6. The van der Waals surface area contributed by atoms with Gasteiger partial charge in [0.1, 0.15) is 12.4 Å². The molecule has 0 unspecified atom stereocenters. The largest absolute Gasteiger partial charge is 0.325 e. The fraction of sp³-hybridized carbons (Fsp3) is 0.207. The SMILES string of the molecule is CC(C)(C)c1cc(NC(=O)CN(Cc2ccccc2)C(=O)c2ccccc2Cl)n(-c2ccccc2)n1. The van der Waals surface area contributed by atoms with E-state index in [0.29, 0.717) is 16.4 Å². The molecule has 36 heavy (non-hydrogen) atoms. The van der Waals surface area contributed by atoms with Crippen LogP contribution in [-0.2, 0) is 16.8 Å². The molecule has 0 aliphatic carbocycles. The molecule has 0 radical (unpaired) electrons.